The molecule has 0 aromatic heterocycles. The molecule has 0 aromatic rings. The minimum atomic E-state index is -0.449. The highest BCUT2D eigenvalue weighted by atomic mass is 16.6. The molecular formula is C15H29NO2. The zero-order valence-electron chi connectivity index (χ0n) is 13.0. The Balaban J connectivity index is 5.14. The van der Waals surface area contributed by atoms with Gasteiger partial charge < -0.3 is 10.5 Å². The number of allylic oxidation sites excluding steroid dienone is 1. The maximum Gasteiger partial charge on any atom is 0.334 e. The van der Waals surface area contributed by atoms with E-state index in [9.17, 15) is 4.79 Å². The number of esters is 1. The number of carbonyl (C=O) groups is 1. The van der Waals surface area contributed by atoms with Crippen LogP contribution in [-0.2, 0) is 9.53 Å². The lowest BCUT2D eigenvalue weighted by Gasteiger charge is -2.27. The van der Waals surface area contributed by atoms with Crippen LogP contribution in [0.15, 0.2) is 11.1 Å². The first-order chi connectivity index (χ1) is 7.99. The third-order valence-electron chi connectivity index (χ3n) is 2.69. The summed E-state index contributed by atoms with van der Waals surface area (Å²) in [7, 11) is 0. The first kappa shape index (κ1) is 17.2. The molecule has 0 aliphatic carbocycles. The van der Waals surface area contributed by atoms with Crippen molar-refractivity contribution in [3.05, 3.63) is 11.1 Å². The van der Waals surface area contributed by atoms with Crippen molar-refractivity contribution in [2.24, 2.45) is 11.1 Å². The molecule has 0 fully saturated rings. The van der Waals surface area contributed by atoms with E-state index in [1.54, 1.807) is 0 Å². The SMILES string of the molecule is CC(C(=O)OC(C)(C)C)=C(CCCN)C(C)(C)C. The van der Waals surface area contributed by atoms with Crippen LogP contribution in [0.1, 0.15) is 61.3 Å². The molecule has 0 bridgehead atoms. The zero-order valence-corrected chi connectivity index (χ0v) is 13.0. The highest BCUT2D eigenvalue weighted by Gasteiger charge is 2.25. The van der Waals surface area contributed by atoms with Crippen molar-refractivity contribution in [3.8, 4) is 0 Å². The second kappa shape index (κ2) is 6.37. The fourth-order valence-electron chi connectivity index (χ4n) is 1.88. The Bertz CT molecular complexity index is 316. The molecule has 106 valence electrons. The molecular weight excluding hydrogens is 226 g/mol. The van der Waals surface area contributed by atoms with Crippen molar-refractivity contribution in [3.63, 3.8) is 0 Å². The number of ether oxygens (including phenoxy) is 1. The second-order valence-electron chi connectivity index (χ2n) is 6.75. The van der Waals surface area contributed by atoms with Gasteiger partial charge in [0, 0.05) is 5.57 Å². The Kier molecular flexibility index (Phi) is 6.08. The molecule has 0 saturated heterocycles. The van der Waals surface area contributed by atoms with Gasteiger partial charge in [0.2, 0.25) is 0 Å². The molecule has 0 rings (SSSR count). The Hall–Kier alpha value is -0.830. The Morgan fingerprint density at radius 2 is 1.61 bits per heavy atom. The summed E-state index contributed by atoms with van der Waals surface area (Å²) in [5.74, 6) is -0.218. The molecule has 0 aromatic carbocycles. The lowest BCUT2D eigenvalue weighted by Crippen LogP contribution is -2.26. The summed E-state index contributed by atoms with van der Waals surface area (Å²) in [4.78, 5) is 12.1. The monoisotopic (exact) mass is 255 g/mol. The van der Waals surface area contributed by atoms with Crippen LogP contribution >= 0.6 is 0 Å². The van der Waals surface area contributed by atoms with Gasteiger partial charge in [0.25, 0.3) is 0 Å². The van der Waals surface area contributed by atoms with Gasteiger partial charge in [0.05, 0.1) is 0 Å². The third-order valence-corrected chi connectivity index (χ3v) is 2.69. The quantitative estimate of drug-likeness (QED) is 0.618. The van der Waals surface area contributed by atoms with E-state index in [0.29, 0.717) is 6.54 Å². The Morgan fingerprint density at radius 1 is 1.11 bits per heavy atom. The predicted molar refractivity (Wildman–Crippen MR) is 76.3 cm³/mol. The average Bonchev–Trinajstić information content (AvgIpc) is 2.13. The van der Waals surface area contributed by atoms with E-state index in [1.807, 2.05) is 27.7 Å². The number of hydrogen-bond acceptors (Lipinski definition) is 3. The van der Waals surface area contributed by atoms with Crippen molar-refractivity contribution in [1.29, 1.82) is 0 Å². The van der Waals surface area contributed by atoms with Crippen molar-refractivity contribution in [2.45, 2.75) is 66.9 Å². The number of rotatable bonds is 4. The van der Waals surface area contributed by atoms with Gasteiger partial charge in [-0.05, 0) is 52.5 Å². The average molecular weight is 255 g/mol. The van der Waals surface area contributed by atoms with Crippen LogP contribution < -0.4 is 5.73 Å². The van der Waals surface area contributed by atoms with Crippen LogP contribution in [0.4, 0.5) is 0 Å². The number of hydrogen-bond donors (Lipinski definition) is 1. The molecule has 0 spiro atoms. The van der Waals surface area contributed by atoms with E-state index in [-0.39, 0.29) is 11.4 Å². The first-order valence-electron chi connectivity index (χ1n) is 6.62. The number of nitrogens with two attached hydrogens (primary N) is 1. The fourth-order valence-corrected chi connectivity index (χ4v) is 1.88. The lowest BCUT2D eigenvalue weighted by atomic mass is 9.81. The smallest absolute Gasteiger partial charge is 0.334 e. The molecule has 3 nitrogen and oxygen atoms in total. The summed E-state index contributed by atoms with van der Waals surface area (Å²) < 4.78 is 5.43. The van der Waals surface area contributed by atoms with E-state index in [2.05, 4.69) is 20.8 Å². The summed E-state index contributed by atoms with van der Waals surface area (Å²) in [6.45, 7) is 14.5. The topological polar surface area (TPSA) is 52.3 Å². The van der Waals surface area contributed by atoms with Crippen LogP contribution in [0, 0.1) is 5.41 Å². The lowest BCUT2D eigenvalue weighted by molar-refractivity contribution is -0.149. The van der Waals surface area contributed by atoms with Crippen LogP contribution in [0.2, 0.25) is 0 Å². The molecule has 18 heavy (non-hydrogen) atoms. The van der Waals surface area contributed by atoms with Crippen molar-refractivity contribution in [1.82, 2.24) is 0 Å². The van der Waals surface area contributed by atoms with Crippen LogP contribution in [-0.4, -0.2) is 18.1 Å². The molecule has 3 heteroatoms. The van der Waals surface area contributed by atoms with Gasteiger partial charge in [-0.1, -0.05) is 26.3 Å². The van der Waals surface area contributed by atoms with Crippen LogP contribution in [0.5, 0.6) is 0 Å². The van der Waals surface area contributed by atoms with E-state index >= 15 is 0 Å². The van der Waals surface area contributed by atoms with Gasteiger partial charge in [-0.15, -0.1) is 0 Å². The van der Waals surface area contributed by atoms with E-state index in [4.69, 9.17) is 10.5 Å². The van der Waals surface area contributed by atoms with Gasteiger partial charge in [-0.3, -0.25) is 0 Å². The molecule has 0 unspecified atom stereocenters. The molecule has 0 saturated carbocycles. The summed E-state index contributed by atoms with van der Waals surface area (Å²) in [5, 5.41) is 0. The van der Waals surface area contributed by atoms with E-state index < -0.39 is 5.60 Å². The van der Waals surface area contributed by atoms with Gasteiger partial charge in [-0.25, -0.2) is 4.79 Å². The highest BCUT2D eigenvalue weighted by Crippen LogP contribution is 2.32. The number of carbonyl (C=O) groups excluding carboxylic acids is 1. The standard InChI is InChI=1S/C15H29NO2/c1-11(13(17)18-15(5,6)7)12(9-8-10-16)14(2,3)4/h8-10,16H2,1-7H3. The van der Waals surface area contributed by atoms with Crippen molar-refractivity contribution >= 4 is 5.97 Å². The molecule has 0 atom stereocenters. The first-order valence-corrected chi connectivity index (χ1v) is 6.62. The summed E-state index contributed by atoms with van der Waals surface area (Å²) in [5.41, 5.74) is 6.95. The van der Waals surface area contributed by atoms with Gasteiger partial charge >= 0.3 is 5.97 Å². The van der Waals surface area contributed by atoms with Gasteiger partial charge in [0.1, 0.15) is 5.60 Å². The molecule has 0 heterocycles. The molecule has 0 aliphatic heterocycles. The summed E-state index contributed by atoms with van der Waals surface area (Å²) >= 11 is 0. The third kappa shape index (κ3) is 6.20. The maximum atomic E-state index is 12.1. The van der Waals surface area contributed by atoms with Crippen molar-refractivity contribution < 1.29 is 9.53 Å². The summed E-state index contributed by atoms with van der Waals surface area (Å²) in [6.07, 6.45) is 1.75. The second-order valence-corrected chi connectivity index (χ2v) is 6.75. The minimum Gasteiger partial charge on any atom is -0.457 e. The maximum absolute atomic E-state index is 12.1. The molecule has 0 radical (unpaired) electrons. The fraction of sp³-hybridized carbons (Fsp3) is 0.800. The molecule has 2 N–H and O–H groups in total. The van der Waals surface area contributed by atoms with Gasteiger partial charge in [-0.2, -0.15) is 0 Å². The summed E-state index contributed by atoms with van der Waals surface area (Å²) in [6, 6.07) is 0. The minimum absolute atomic E-state index is 0.0316. The predicted octanol–water partition coefficient (Wildman–Crippen LogP) is 3.43. The zero-order chi connectivity index (χ0) is 14.6. The largest absolute Gasteiger partial charge is 0.457 e. The highest BCUT2D eigenvalue weighted by molar-refractivity contribution is 5.89. The molecule has 0 amide bonds. The molecule has 0 aliphatic rings. The Morgan fingerprint density at radius 3 is 1.94 bits per heavy atom. The van der Waals surface area contributed by atoms with E-state index in [1.165, 1.54) is 0 Å². The normalized spacial score (nSPS) is 14.2. The van der Waals surface area contributed by atoms with Gasteiger partial charge in [0.15, 0.2) is 0 Å². The van der Waals surface area contributed by atoms with Crippen LogP contribution in [0.25, 0.3) is 0 Å². The van der Waals surface area contributed by atoms with Crippen LogP contribution in [0.3, 0.4) is 0 Å². The van der Waals surface area contributed by atoms with E-state index in [0.717, 1.165) is 24.0 Å². The Labute approximate surface area is 112 Å². The van der Waals surface area contributed by atoms with Crippen molar-refractivity contribution in [2.75, 3.05) is 6.54 Å².